The van der Waals surface area contributed by atoms with Gasteiger partial charge in [-0.05, 0) is 43.7 Å². The number of carbonyl (C=O) groups is 1. The number of aromatic nitrogens is 1. The van der Waals surface area contributed by atoms with Gasteiger partial charge in [-0.2, -0.15) is 0 Å². The zero-order chi connectivity index (χ0) is 13.0. The smallest absolute Gasteiger partial charge is 0.253 e. The Bertz CT molecular complexity index is 386. The molecule has 0 bridgehead atoms. The van der Waals surface area contributed by atoms with Crippen molar-refractivity contribution in [2.75, 3.05) is 13.7 Å². The minimum atomic E-state index is 0.0600. The van der Waals surface area contributed by atoms with Crippen LogP contribution in [0.5, 0.6) is 0 Å². The maximum atomic E-state index is 12.2. The minimum Gasteiger partial charge on any atom is -0.396 e. The van der Waals surface area contributed by atoms with Crippen molar-refractivity contribution in [3.05, 3.63) is 30.1 Å². The van der Waals surface area contributed by atoms with E-state index in [1.165, 1.54) is 0 Å². The fourth-order valence-corrected chi connectivity index (χ4v) is 2.58. The van der Waals surface area contributed by atoms with E-state index in [4.69, 9.17) is 5.11 Å². The molecule has 1 N–H and O–H groups in total. The Kier molecular flexibility index (Phi) is 4.31. The van der Waals surface area contributed by atoms with Crippen LogP contribution in [0.4, 0.5) is 0 Å². The van der Waals surface area contributed by atoms with Crippen molar-refractivity contribution in [2.24, 2.45) is 5.92 Å². The molecule has 1 fully saturated rings. The predicted octanol–water partition coefficient (Wildman–Crippen LogP) is 1.70. The van der Waals surface area contributed by atoms with Gasteiger partial charge in [-0.15, -0.1) is 0 Å². The van der Waals surface area contributed by atoms with Gasteiger partial charge < -0.3 is 10.0 Å². The normalized spacial score (nSPS) is 23.7. The summed E-state index contributed by atoms with van der Waals surface area (Å²) < 4.78 is 0. The molecule has 18 heavy (non-hydrogen) atoms. The topological polar surface area (TPSA) is 53.4 Å². The molecule has 1 aromatic rings. The molecule has 0 aromatic carbocycles. The second-order valence-electron chi connectivity index (χ2n) is 5.01. The number of aliphatic hydroxyl groups excluding tert-OH is 1. The van der Waals surface area contributed by atoms with Gasteiger partial charge in [-0.3, -0.25) is 9.78 Å². The van der Waals surface area contributed by atoms with Crippen molar-refractivity contribution >= 4 is 5.91 Å². The van der Waals surface area contributed by atoms with Gasteiger partial charge in [0.15, 0.2) is 0 Å². The lowest BCUT2D eigenvalue weighted by Crippen LogP contribution is -2.39. The molecule has 0 radical (unpaired) electrons. The lowest BCUT2D eigenvalue weighted by Gasteiger charge is -2.34. The zero-order valence-corrected chi connectivity index (χ0v) is 10.7. The molecule has 98 valence electrons. The first-order valence-corrected chi connectivity index (χ1v) is 6.50. The molecule has 0 aliphatic heterocycles. The third-order valence-corrected chi connectivity index (χ3v) is 3.87. The van der Waals surface area contributed by atoms with Gasteiger partial charge in [0.25, 0.3) is 5.91 Å². The molecule has 4 heteroatoms. The molecule has 4 nitrogen and oxygen atoms in total. The van der Waals surface area contributed by atoms with E-state index < -0.39 is 0 Å². The summed E-state index contributed by atoms with van der Waals surface area (Å²) in [5, 5.41) is 9.12. The SMILES string of the molecule is CN(C(=O)c1ccncc1)C1CCC(CO)CC1. The summed E-state index contributed by atoms with van der Waals surface area (Å²) >= 11 is 0. The van der Waals surface area contributed by atoms with E-state index >= 15 is 0 Å². The lowest BCUT2D eigenvalue weighted by atomic mass is 9.86. The summed E-state index contributed by atoms with van der Waals surface area (Å²) in [7, 11) is 1.87. The highest BCUT2D eigenvalue weighted by Gasteiger charge is 2.26. The summed E-state index contributed by atoms with van der Waals surface area (Å²) in [6.45, 7) is 0.273. The van der Waals surface area contributed by atoms with Crippen molar-refractivity contribution < 1.29 is 9.90 Å². The Balaban J connectivity index is 1.96. The van der Waals surface area contributed by atoms with Crippen molar-refractivity contribution in [1.82, 2.24) is 9.88 Å². The van der Waals surface area contributed by atoms with Gasteiger partial charge in [0.05, 0.1) is 0 Å². The van der Waals surface area contributed by atoms with Gasteiger partial charge in [0.2, 0.25) is 0 Å². The van der Waals surface area contributed by atoms with Gasteiger partial charge in [-0.25, -0.2) is 0 Å². The number of rotatable bonds is 3. The van der Waals surface area contributed by atoms with Gasteiger partial charge in [0, 0.05) is 37.7 Å². The lowest BCUT2D eigenvalue weighted by molar-refractivity contribution is 0.0652. The molecular weight excluding hydrogens is 228 g/mol. The Morgan fingerprint density at radius 2 is 1.94 bits per heavy atom. The van der Waals surface area contributed by atoms with E-state index in [0.29, 0.717) is 17.5 Å². The van der Waals surface area contributed by atoms with Gasteiger partial charge >= 0.3 is 0 Å². The Morgan fingerprint density at radius 1 is 1.33 bits per heavy atom. The molecule has 1 aromatic heterocycles. The average Bonchev–Trinajstić information content (AvgIpc) is 2.47. The summed E-state index contributed by atoms with van der Waals surface area (Å²) in [5.74, 6) is 0.482. The van der Waals surface area contributed by atoms with Crippen molar-refractivity contribution in [2.45, 2.75) is 31.7 Å². The third-order valence-electron chi connectivity index (χ3n) is 3.87. The van der Waals surface area contributed by atoms with Crippen LogP contribution >= 0.6 is 0 Å². The largest absolute Gasteiger partial charge is 0.396 e. The number of nitrogens with zero attached hydrogens (tertiary/aromatic N) is 2. The van der Waals surface area contributed by atoms with Crippen LogP contribution in [0.25, 0.3) is 0 Å². The zero-order valence-electron chi connectivity index (χ0n) is 10.7. The molecule has 2 rings (SSSR count). The van der Waals surface area contributed by atoms with Gasteiger partial charge in [-0.1, -0.05) is 0 Å². The first-order valence-electron chi connectivity index (χ1n) is 6.50. The van der Waals surface area contributed by atoms with E-state index in [2.05, 4.69) is 4.98 Å². The highest BCUT2D eigenvalue weighted by Crippen LogP contribution is 2.27. The van der Waals surface area contributed by atoms with Crippen LogP contribution in [0.2, 0.25) is 0 Å². The number of carbonyl (C=O) groups excluding carboxylic acids is 1. The fourth-order valence-electron chi connectivity index (χ4n) is 2.58. The number of amides is 1. The van der Waals surface area contributed by atoms with Crippen molar-refractivity contribution in [3.63, 3.8) is 0 Å². The van der Waals surface area contributed by atoms with Crippen LogP contribution in [0.1, 0.15) is 36.0 Å². The molecule has 1 amide bonds. The molecule has 0 atom stereocenters. The molecule has 1 aliphatic rings. The van der Waals surface area contributed by atoms with E-state index in [1.54, 1.807) is 24.5 Å². The molecule has 0 unspecified atom stereocenters. The maximum Gasteiger partial charge on any atom is 0.253 e. The Labute approximate surface area is 108 Å². The van der Waals surface area contributed by atoms with Crippen LogP contribution in [0.15, 0.2) is 24.5 Å². The molecule has 0 spiro atoms. The molecule has 1 saturated carbocycles. The monoisotopic (exact) mass is 248 g/mol. The van der Waals surface area contributed by atoms with Crippen LogP contribution in [-0.2, 0) is 0 Å². The van der Waals surface area contributed by atoms with Crippen LogP contribution in [-0.4, -0.2) is 40.6 Å². The molecule has 1 heterocycles. The first-order chi connectivity index (χ1) is 8.72. The highest BCUT2D eigenvalue weighted by molar-refractivity contribution is 5.94. The average molecular weight is 248 g/mol. The first kappa shape index (κ1) is 13.0. The number of hydrogen-bond donors (Lipinski definition) is 1. The Hall–Kier alpha value is -1.42. The van der Waals surface area contributed by atoms with E-state index in [1.807, 2.05) is 11.9 Å². The number of pyridine rings is 1. The van der Waals surface area contributed by atoms with E-state index in [9.17, 15) is 4.79 Å². The van der Waals surface area contributed by atoms with Crippen LogP contribution in [0, 0.1) is 5.92 Å². The summed E-state index contributed by atoms with van der Waals surface area (Å²) in [4.78, 5) is 18.0. The molecular formula is C14H20N2O2. The second kappa shape index (κ2) is 5.96. The maximum absolute atomic E-state index is 12.2. The number of hydrogen-bond acceptors (Lipinski definition) is 3. The van der Waals surface area contributed by atoms with Crippen LogP contribution in [0.3, 0.4) is 0 Å². The van der Waals surface area contributed by atoms with E-state index in [0.717, 1.165) is 25.7 Å². The third kappa shape index (κ3) is 2.88. The summed E-state index contributed by atoms with van der Waals surface area (Å²) in [5.41, 5.74) is 0.691. The predicted molar refractivity (Wildman–Crippen MR) is 69.2 cm³/mol. The molecule has 1 aliphatic carbocycles. The van der Waals surface area contributed by atoms with Crippen molar-refractivity contribution in [3.8, 4) is 0 Å². The number of aliphatic hydroxyl groups is 1. The Morgan fingerprint density at radius 3 is 2.50 bits per heavy atom. The second-order valence-corrected chi connectivity index (χ2v) is 5.01. The van der Waals surface area contributed by atoms with Crippen LogP contribution < -0.4 is 0 Å². The summed E-state index contributed by atoms with van der Waals surface area (Å²) in [6.07, 6.45) is 7.27. The quantitative estimate of drug-likeness (QED) is 0.886. The molecule has 0 saturated heterocycles. The van der Waals surface area contributed by atoms with Crippen molar-refractivity contribution in [1.29, 1.82) is 0 Å². The summed E-state index contributed by atoms with van der Waals surface area (Å²) in [6, 6.07) is 3.80. The standard InChI is InChI=1S/C14H20N2O2/c1-16(13-4-2-11(10-17)3-5-13)14(18)12-6-8-15-9-7-12/h6-9,11,13,17H,2-5,10H2,1H3. The fraction of sp³-hybridized carbons (Fsp3) is 0.571. The van der Waals surface area contributed by atoms with E-state index in [-0.39, 0.29) is 12.5 Å². The minimum absolute atomic E-state index is 0.0600. The highest BCUT2D eigenvalue weighted by atomic mass is 16.3. The van der Waals surface area contributed by atoms with Gasteiger partial charge in [0.1, 0.15) is 0 Å².